The second-order valence-electron chi connectivity index (χ2n) is 5.97. The number of hydrogen-bond donors (Lipinski definition) is 1. The van der Waals surface area contributed by atoms with Crippen molar-refractivity contribution in [1.82, 2.24) is 4.31 Å². The standard InChI is InChI=1S/C20H26N2O6S/c1-5-22(6-2)29(24,25)17-10-8-16(9-11-17)28-14-20(23)21-15-7-12-18(26-3)19(13-15)27-4/h7-13H,5-6,14H2,1-4H3,(H,21,23). The normalized spacial score (nSPS) is 11.2. The van der Waals surface area contributed by atoms with Gasteiger partial charge in [-0.3, -0.25) is 4.79 Å². The number of rotatable bonds is 10. The van der Waals surface area contributed by atoms with E-state index >= 15 is 0 Å². The number of anilines is 1. The number of carbonyl (C=O) groups excluding carboxylic acids is 1. The van der Waals surface area contributed by atoms with Crippen molar-refractivity contribution in [1.29, 1.82) is 0 Å². The second kappa shape index (κ2) is 10.1. The molecule has 0 aliphatic heterocycles. The van der Waals surface area contributed by atoms with Crippen LogP contribution in [0, 0.1) is 0 Å². The van der Waals surface area contributed by atoms with E-state index in [9.17, 15) is 13.2 Å². The van der Waals surface area contributed by atoms with Gasteiger partial charge in [0.1, 0.15) is 5.75 Å². The molecule has 0 bridgehead atoms. The molecular formula is C20H26N2O6S. The predicted octanol–water partition coefficient (Wildman–Crippen LogP) is 2.75. The van der Waals surface area contributed by atoms with Gasteiger partial charge in [0.05, 0.1) is 19.1 Å². The van der Waals surface area contributed by atoms with E-state index in [0.717, 1.165) is 0 Å². The van der Waals surface area contributed by atoms with Crippen molar-refractivity contribution in [2.45, 2.75) is 18.7 Å². The van der Waals surface area contributed by atoms with Crippen LogP contribution in [0.5, 0.6) is 17.2 Å². The average molecular weight is 423 g/mol. The van der Waals surface area contributed by atoms with E-state index in [0.29, 0.717) is 36.0 Å². The van der Waals surface area contributed by atoms with Crippen LogP contribution in [0.1, 0.15) is 13.8 Å². The molecule has 2 rings (SSSR count). The van der Waals surface area contributed by atoms with Crippen LogP contribution in [0.15, 0.2) is 47.4 Å². The Morgan fingerprint density at radius 3 is 2.14 bits per heavy atom. The summed E-state index contributed by atoms with van der Waals surface area (Å²) in [6.07, 6.45) is 0. The van der Waals surface area contributed by atoms with Crippen molar-refractivity contribution >= 4 is 21.6 Å². The third-order valence-electron chi connectivity index (χ3n) is 4.20. The van der Waals surface area contributed by atoms with E-state index in [1.807, 2.05) is 0 Å². The highest BCUT2D eigenvalue weighted by Crippen LogP contribution is 2.29. The van der Waals surface area contributed by atoms with E-state index in [2.05, 4.69) is 5.32 Å². The molecule has 0 aliphatic carbocycles. The lowest BCUT2D eigenvalue weighted by atomic mass is 10.2. The number of sulfonamides is 1. The maximum Gasteiger partial charge on any atom is 0.262 e. The molecule has 29 heavy (non-hydrogen) atoms. The molecule has 1 amide bonds. The zero-order valence-corrected chi connectivity index (χ0v) is 17.8. The Hall–Kier alpha value is -2.78. The van der Waals surface area contributed by atoms with Crippen LogP contribution < -0.4 is 19.5 Å². The molecular weight excluding hydrogens is 396 g/mol. The second-order valence-corrected chi connectivity index (χ2v) is 7.91. The van der Waals surface area contributed by atoms with Gasteiger partial charge in [-0.25, -0.2) is 8.42 Å². The molecule has 158 valence electrons. The topological polar surface area (TPSA) is 94.2 Å². The number of amides is 1. The first-order chi connectivity index (χ1) is 13.8. The van der Waals surface area contributed by atoms with Crippen molar-refractivity contribution in [2.75, 3.05) is 39.2 Å². The third-order valence-corrected chi connectivity index (χ3v) is 6.27. The molecule has 0 fully saturated rings. The predicted molar refractivity (Wildman–Crippen MR) is 110 cm³/mol. The summed E-state index contributed by atoms with van der Waals surface area (Å²) in [5.41, 5.74) is 0.539. The Morgan fingerprint density at radius 1 is 0.966 bits per heavy atom. The van der Waals surface area contributed by atoms with Crippen molar-refractivity contribution in [3.8, 4) is 17.2 Å². The van der Waals surface area contributed by atoms with Gasteiger partial charge in [-0.1, -0.05) is 13.8 Å². The van der Waals surface area contributed by atoms with Gasteiger partial charge in [0.2, 0.25) is 10.0 Å². The summed E-state index contributed by atoms with van der Waals surface area (Å²) in [4.78, 5) is 12.3. The average Bonchev–Trinajstić information content (AvgIpc) is 2.73. The number of ether oxygens (including phenoxy) is 3. The van der Waals surface area contributed by atoms with Crippen molar-refractivity contribution < 1.29 is 27.4 Å². The molecule has 0 spiro atoms. The summed E-state index contributed by atoms with van der Waals surface area (Å²) in [6.45, 7) is 4.14. The van der Waals surface area contributed by atoms with Gasteiger partial charge in [0, 0.05) is 24.8 Å². The van der Waals surface area contributed by atoms with Gasteiger partial charge in [-0.05, 0) is 36.4 Å². The van der Waals surface area contributed by atoms with Gasteiger partial charge in [0.15, 0.2) is 18.1 Å². The molecule has 0 heterocycles. The summed E-state index contributed by atoms with van der Waals surface area (Å²) in [5.74, 6) is 1.08. The Kier molecular flexibility index (Phi) is 7.86. The Labute approximate surface area is 171 Å². The summed E-state index contributed by atoms with van der Waals surface area (Å²) in [5, 5.41) is 2.70. The highest BCUT2D eigenvalue weighted by atomic mass is 32.2. The zero-order chi connectivity index (χ0) is 21.4. The third kappa shape index (κ3) is 5.61. The Bertz CT molecular complexity index is 924. The van der Waals surface area contributed by atoms with Gasteiger partial charge >= 0.3 is 0 Å². The van der Waals surface area contributed by atoms with Crippen LogP contribution in [-0.2, 0) is 14.8 Å². The first-order valence-corrected chi connectivity index (χ1v) is 10.5. The lowest BCUT2D eigenvalue weighted by molar-refractivity contribution is -0.118. The Balaban J connectivity index is 1.97. The fourth-order valence-corrected chi connectivity index (χ4v) is 4.14. The Morgan fingerprint density at radius 2 is 1.59 bits per heavy atom. The lowest BCUT2D eigenvalue weighted by Crippen LogP contribution is -2.30. The zero-order valence-electron chi connectivity index (χ0n) is 17.0. The summed E-state index contributed by atoms with van der Waals surface area (Å²) < 4.78 is 42.1. The SMILES string of the molecule is CCN(CC)S(=O)(=O)c1ccc(OCC(=O)Nc2ccc(OC)c(OC)c2)cc1. The van der Waals surface area contributed by atoms with Crippen LogP contribution in [0.25, 0.3) is 0 Å². The first-order valence-electron chi connectivity index (χ1n) is 9.10. The highest BCUT2D eigenvalue weighted by Gasteiger charge is 2.21. The van der Waals surface area contributed by atoms with E-state index in [-0.39, 0.29) is 17.4 Å². The lowest BCUT2D eigenvalue weighted by Gasteiger charge is -2.18. The molecule has 8 nitrogen and oxygen atoms in total. The minimum atomic E-state index is -3.53. The molecule has 0 radical (unpaired) electrons. The van der Waals surface area contributed by atoms with Crippen LogP contribution in [0.3, 0.4) is 0 Å². The van der Waals surface area contributed by atoms with Crippen LogP contribution in [0.2, 0.25) is 0 Å². The quantitative estimate of drug-likeness (QED) is 0.633. The first kappa shape index (κ1) is 22.5. The molecule has 1 N–H and O–H groups in total. The summed E-state index contributed by atoms with van der Waals surface area (Å²) in [6, 6.07) is 11.0. The maximum absolute atomic E-state index is 12.5. The number of hydrogen-bond acceptors (Lipinski definition) is 6. The van der Waals surface area contributed by atoms with Crippen molar-refractivity contribution in [3.63, 3.8) is 0 Å². The number of methoxy groups -OCH3 is 2. The summed E-state index contributed by atoms with van der Waals surface area (Å²) >= 11 is 0. The largest absolute Gasteiger partial charge is 0.493 e. The summed E-state index contributed by atoms with van der Waals surface area (Å²) in [7, 11) is -0.485. The fourth-order valence-electron chi connectivity index (χ4n) is 2.68. The van der Waals surface area contributed by atoms with Crippen LogP contribution in [-0.4, -0.2) is 52.5 Å². The molecule has 2 aromatic carbocycles. The van der Waals surface area contributed by atoms with E-state index in [1.165, 1.54) is 42.8 Å². The van der Waals surface area contributed by atoms with Gasteiger partial charge in [0.25, 0.3) is 5.91 Å². The minimum absolute atomic E-state index is 0.184. The van der Waals surface area contributed by atoms with E-state index in [4.69, 9.17) is 14.2 Å². The molecule has 9 heteroatoms. The van der Waals surface area contributed by atoms with E-state index < -0.39 is 10.0 Å². The van der Waals surface area contributed by atoms with Crippen molar-refractivity contribution in [3.05, 3.63) is 42.5 Å². The molecule has 2 aromatic rings. The molecule has 0 saturated carbocycles. The van der Waals surface area contributed by atoms with E-state index in [1.54, 1.807) is 32.0 Å². The number of carbonyl (C=O) groups is 1. The molecule has 0 unspecified atom stereocenters. The van der Waals surface area contributed by atoms with Crippen LogP contribution >= 0.6 is 0 Å². The van der Waals surface area contributed by atoms with Crippen molar-refractivity contribution in [2.24, 2.45) is 0 Å². The van der Waals surface area contributed by atoms with Gasteiger partial charge in [-0.15, -0.1) is 0 Å². The number of benzene rings is 2. The number of nitrogens with one attached hydrogen (secondary N) is 1. The maximum atomic E-state index is 12.5. The highest BCUT2D eigenvalue weighted by molar-refractivity contribution is 7.89. The smallest absolute Gasteiger partial charge is 0.262 e. The van der Waals surface area contributed by atoms with Crippen LogP contribution in [0.4, 0.5) is 5.69 Å². The van der Waals surface area contributed by atoms with Gasteiger partial charge in [-0.2, -0.15) is 4.31 Å². The minimum Gasteiger partial charge on any atom is -0.493 e. The molecule has 0 aromatic heterocycles. The molecule has 0 atom stereocenters. The fraction of sp³-hybridized carbons (Fsp3) is 0.350. The monoisotopic (exact) mass is 422 g/mol. The molecule has 0 saturated heterocycles. The molecule has 0 aliphatic rings. The van der Waals surface area contributed by atoms with Gasteiger partial charge < -0.3 is 19.5 Å². The number of nitrogens with zero attached hydrogens (tertiary/aromatic N) is 1.